The van der Waals surface area contributed by atoms with Crippen LogP contribution in [0.25, 0.3) is 0 Å². The van der Waals surface area contributed by atoms with Crippen LogP contribution in [0, 0.1) is 6.92 Å². The molecule has 0 aliphatic heterocycles. The van der Waals surface area contributed by atoms with Crippen molar-refractivity contribution < 1.29 is 8.42 Å². The second kappa shape index (κ2) is 5.48. The lowest BCUT2D eigenvalue weighted by molar-refractivity contribution is 0.567. The Morgan fingerprint density at radius 1 is 1.05 bits per heavy atom. The van der Waals surface area contributed by atoms with Crippen LogP contribution in [0.1, 0.15) is 32.2 Å². The summed E-state index contributed by atoms with van der Waals surface area (Å²) in [5.41, 5.74) is 2.04. The van der Waals surface area contributed by atoms with Gasteiger partial charge in [0.05, 0.1) is 10.6 Å². The molecule has 0 spiro atoms. The fourth-order valence-electron chi connectivity index (χ4n) is 1.93. The highest BCUT2D eigenvalue weighted by Crippen LogP contribution is 2.25. The standard InChI is InChI=1S/C16H20N2O2S/c1-12-10-13(11-15(17-12)16(2,3)4)18-21(19,20)14-8-6-5-7-9-14/h5-11H,1-4H3,(H,17,18). The summed E-state index contributed by atoms with van der Waals surface area (Å²) < 4.78 is 27.3. The second-order valence-corrected chi connectivity index (χ2v) is 7.73. The largest absolute Gasteiger partial charge is 0.279 e. The SMILES string of the molecule is Cc1cc(NS(=O)(=O)c2ccccc2)cc(C(C)(C)C)n1. The Balaban J connectivity index is 2.38. The summed E-state index contributed by atoms with van der Waals surface area (Å²) >= 11 is 0. The molecular weight excluding hydrogens is 284 g/mol. The second-order valence-electron chi connectivity index (χ2n) is 6.05. The van der Waals surface area contributed by atoms with Gasteiger partial charge in [0.25, 0.3) is 10.0 Å². The molecule has 112 valence electrons. The number of benzene rings is 1. The maximum absolute atomic E-state index is 12.3. The molecule has 0 fully saturated rings. The van der Waals surface area contributed by atoms with Crippen molar-refractivity contribution in [3.63, 3.8) is 0 Å². The van der Waals surface area contributed by atoms with Crippen molar-refractivity contribution >= 4 is 15.7 Å². The van der Waals surface area contributed by atoms with Crippen molar-refractivity contribution in [1.82, 2.24) is 4.98 Å². The maximum atomic E-state index is 12.3. The number of pyridine rings is 1. The number of aromatic nitrogens is 1. The number of anilines is 1. The van der Waals surface area contributed by atoms with E-state index in [0.29, 0.717) is 5.69 Å². The molecule has 1 N–H and O–H groups in total. The van der Waals surface area contributed by atoms with E-state index in [-0.39, 0.29) is 10.3 Å². The van der Waals surface area contributed by atoms with Crippen LogP contribution in [0.15, 0.2) is 47.4 Å². The Bertz CT molecular complexity index is 733. The number of nitrogens with one attached hydrogen (secondary N) is 1. The molecule has 0 saturated carbocycles. The summed E-state index contributed by atoms with van der Waals surface area (Å²) in [6.07, 6.45) is 0. The Hall–Kier alpha value is -1.88. The smallest absolute Gasteiger partial charge is 0.261 e. The van der Waals surface area contributed by atoms with Crippen LogP contribution < -0.4 is 4.72 Å². The van der Waals surface area contributed by atoms with E-state index < -0.39 is 10.0 Å². The molecule has 0 unspecified atom stereocenters. The molecule has 0 radical (unpaired) electrons. The van der Waals surface area contributed by atoms with E-state index in [1.807, 2.05) is 27.7 Å². The first-order valence-electron chi connectivity index (χ1n) is 6.75. The topological polar surface area (TPSA) is 59.1 Å². The predicted molar refractivity (Wildman–Crippen MR) is 84.9 cm³/mol. The van der Waals surface area contributed by atoms with Crippen LogP contribution in [0.4, 0.5) is 5.69 Å². The van der Waals surface area contributed by atoms with Crippen LogP contribution in [0.3, 0.4) is 0 Å². The molecule has 1 heterocycles. The first-order chi connectivity index (χ1) is 9.68. The van der Waals surface area contributed by atoms with Gasteiger partial charge in [-0.1, -0.05) is 39.0 Å². The van der Waals surface area contributed by atoms with Crippen molar-refractivity contribution in [2.45, 2.75) is 38.0 Å². The highest BCUT2D eigenvalue weighted by molar-refractivity contribution is 7.92. The number of sulfonamides is 1. The molecule has 0 amide bonds. The van der Waals surface area contributed by atoms with Crippen LogP contribution in [0.2, 0.25) is 0 Å². The molecular formula is C16H20N2O2S. The summed E-state index contributed by atoms with van der Waals surface area (Å²) in [6.45, 7) is 7.99. The first-order valence-corrected chi connectivity index (χ1v) is 8.24. The highest BCUT2D eigenvalue weighted by Gasteiger charge is 2.19. The first kappa shape index (κ1) is 15.5. The molecule has 21 heavy (non-hydrogen) atoms. The van der Waals surface area contributed by atoms with Gasteiger partial charge in [-0.2, -0.15) is 0 Å². The zero-order chi connectivity index (χ0) is 15.7. The number of aryl methyl sites for hydroxylation is 1. The normalized spacial score (nSPS) is 12.2. The molecule has 1 aromatic carbocycles. The summed E-state index contributed by atoms with van der Waals surface area (Å²) in [5.74, 6) is 0. The van der Waals surface area contributed by atoms with E-state index in [2.05, 4.69) is 9.71 Å². The van der Waals surface area contributed by atoms with Gasteiger partial charge >= 0.3 is 0 Å². The molecule has 0 aliphatic rings. The fraction of sp³-hybridized carbons (Fsp3) is 0.312. The highest BCUT2D eigenvalue weighted by atomic mass is 32.2. The van der Waals surface area contributed by atoms with Crippen molar-refractivity contribution in [2.24, 2.45) is 0 Å². The van der Waals surface area contributed by atoms with Gasteiger partial charge in [0, 0.05) is 16.8 Å². The lowest BCUT2D eigenvalue weighted by atomic mass is 9.91. The third kappa shape index (κ3) is 3.82. The van der Waals surface area contributed by atoms with Crippen molar-refractivity contribution in [1.29, 1.82) is 0 Å². The number of nitrogens with zero attached hydrogens (tertiary/aromatic N) is 1. The molecule has 0 saturated heterocycles. The molecule has 0 atom stereocenters. The Kier molecular flexibility index (Phi) is 4.05. The van der Waals surface area contributed by atoms with Gasteiger partial charge in [0.2, 0.25) is 0 Å². The van der Waals surface area contributed by atoms with Gasteiger partial charge in [-0.3, -0.25) is 9.71 Å². The monoisotopic (exact) mass is 304 g/mol. The number of hydrogen-bond donors (Lipinski definition) is 1. The minimum atomic E-state index is -3.57. The van der Waals surface area contributed by atoms with Gasteiger partial charge in [-0.15, -0.1) is 0 Å². The van der Waals surface area contributed by atoms with E-state index >= 15 is 0 Å². The maximum Gasteiger partial charge on any atom is 0.261 e. The third-order valence-electron chi connectivity index (χ3n) is 3.03. The van der Waals surface area contributed by atoms with Crippen LogP contribution >= 0.6 is 0 Å². The summed E-state index contributed by atoms with van der Waals surface area (Å²) in [4.78, 5) is 4.72. The fourth-order valence-corrected chi connectivity index (χ4v) is 2.99. The molecule has 1 aromatic heterocycles. The van der Waals surface area contributed by atoms with Crippen LogP contribution in [-0.2, 0) is 15.4 Å². The Morgan fingerprint density at radius 2 is 1.67 bits per heavy atom. The summed E-state index contributed by atoms with van der Waals surface area (Å²) in [6, 6.07) is 11.8. The number of rotatable bonds is 3. The molecule has 5 heteroatoms. The van der Waals surface area contributed by atoms with E-state index in [1.54, 1.807) is 42.5 Å². The zero-order valence-corrected chi connectivity index (χ0v) is 13.5. The van der Waals surface area contributed by atoms with Crippen LogP contribution in [-0.4, -0.2) is 13.4 Å². The average molecular weight is 304 g/mol. The van der Waals surface area contributed by atoms with Crippen molar-refractivity contribution in [3.05, 3.63) is 53.9 Å². The molecule has 2 aromatic rings. The molecule has 0 bridgehead atoms. The molecule has 0 aliphatic carbocycles. The van der Waals surface area contributed by atoms with E-state index in [1.165, 1.54) is 0 Å². The van der Waals surface area contributed by atoms with E-state index in [9.17, 15) is 8.42 Å². The van der Waals surface area contributed by atoms with Crippen molar-refractivity contribution in [2.75, 3.05) is 4.72 Å². The zero-order valence-electron chi connectivity index (χ0n) is 12.7. The summed E-state index contributed by atoms with van der Waals surface area (Å²) in [7, 11) is -3.57. The third-order valence-corrected chi connectivity index (χ3v) is 4.42. The van der Waals surface area contributed by atoms with Crippen LogP contribution in [0.5, 0.6) is 0 Å². The number of hydrogen-bond acceptors (Lipinski definition) is 3. The minimum absolute atomic E-state index is 0.140. The summed E-state index contributed by atoms with van der Waals surface area (Å²) in [5, 5.41) is 0. The Labute approximate surface area is 126 Å². The molecule has 2 rings (SSSR count). The van der Waals surface area contributed by atoms with Gasteiger partial charge in [0.1, 0.15) is 0 Å². The van der Waals surface area contributed by atoms with Crippen molar-refractivity contribution in [3.8, 4) is 0 Å². The lowest BCUT2D eigenvalue weighted by Gasteiger charge is -2.19. The average Bonchev–Trinajstić information content (AvgIpc) is 2.37. The lowest BCUT2D eigenvalue weighted by Crippen LogP contribution is -2.17. The van der Waals surface area contributed by atoms with Gasteiger partial charge in [-0.05, 0) is 31.2 Å². The van der Waals surface area contributed by atoms with Gasteiger partial charge in [-0.25, -0.2) is 8.42 Å². The minimum Gasteiger partial charge on any atom is -0.279 e. The van der Waals surface area contributed by atoms with Gasteiger partial charge in [0.15, 0.2) is 0 Å². The Morgan fingerprint density at radius 3 is 2.24 bits per heavy atom. The van der Waals surface area contributed by atoms with E-state index in [0.717, 1.165) is 11.4 Å². The quantitative estimate of drug-likeness (QED) is 0.944. The van der Waals surface area contributed by atoms with Gasteiger partial charge < -0.3 is 0 Å². The molecule has 4 nitrogen and oxygen atoms in total. The predicted octanol–water partition coefficient (Wildman–Crippen LogP) is 3.49. The van der Waals surface area contributed by atoms with E-state index in [4.69, 9.17) is 0 Å².